The van der Waals surface area contributed by atoms with Gasteiger partial charge in [-0.2, -0.15) is 0 Å². The summed E-state index contributed by atoms with van der Waals surface area (Å²) in [6.45, 7) is 6.02. The van der Waals surface area contributed by atoms with Crippen molar-refractivity contribution in [3.63, 3.8) is 0 Å². The minimum Gasteiger partial charge on any atom is -0.348 e. The summed E-state index contributed by atoms with van der Waals surface area (Å²) < 4.78 is 0. The van der Waals surface area contributed by atoms with E-state index in [1.807, 2.05) is 0 Å². The van der Waals surface area contributed by atoms with Crippen molar-refractivity contribution in [1.29, 1.82) is 0 Å². The van der Waals surface area contributed by atoms with E-state index in [1.165, 1.54) is 23.1 Å². The first kappa shape index (κ1) is 19.8. The normalized spacial score (nSPS) is 13.2. The lowest BCUT2D eigenvalue weighted by molar-refractivity contribution is -0.384. The molecule has 8 heteroatoms. The molecule has 1 heterocycles. The summed E-state index contributed by atoms with van der Waals surface area (Å²) in [5.41, 5.74) is 1.29. The predicted octanol–water partition coefficient (Wildman–Crippen LogP) is 1.72. The molecular formula is C18H26N4O4. The molecule has 0 unspecified atom stereocenters. The minimum absolute atomic E-state index is 0.00568. The zero-order chi connectivity index (χ0) is 19.3. The van der Waals surface area contributed by atoms with E-state index in [0.717, 1.165) is 24.9 Å². The van der Waals surface area contributed by atoms with Crippen LogP contribution in [0, 0.1) is 10.1 Å². The Morgan fingerprint density at radius 1 is 1.35 bits per heavy atom. The first-order chi connectivity index (χ1) is 12.3. The second-order valence-electron chi connectivity index (χ2n) is 6.81. The molecule has 1 aromatic rings. The van der Waals surface area contributed by atoms with Gasteiger partial charge in [-0.15, -0.1) is 0 Å². The molecule has 0 fully saturated rings. The average Bonchev–Trinajstić information content (AvgIpc) is 3.03. The molecule has 1 aromatic carbocycles. The standard InChI is InChI=1S/C18H26N4O4/c1-13(2)20(3)10-5-4-9-19-17(23)18(24)21-11-8-14-12-15(22(25)26)6-7-16(14)21/h6-7,12-13H,4-5,8-11H2,1-3H3,(H,19,23). The number of amides is 2. The number of nitrogens with zero attached hydrogens (tertiary/aromatic N) is 3. The van der Waals surface area contributed by atoms with Crippen LogP contribution < -0.4 is 10.2 Å². The summed E-state index contributed by atoms with van der Waals surface area (Å²) in [4.78, 5) is 38.4. The smallest absolute Gasteiger partial charge is 0.316 e. The zero-order valence-corrected chi connectivity index (χ0v) is 15.5. The summed E-state index contributed by atoms with van der Waals surface area (Å²) in [6.07, 6.45) is 2.26. The maximum atomic E-state index is 12.4. The molecule has 0 saturated carbocycles. The van der Waals surface area contributed by atoms with E-state index in [-0.39, 0.29) is 5.69 Å². The first-order valence-electron chi connectivity index (χ1n) is 8.88. The Hall–Kier alpha value is -2.48. The lowest BCUT2D eigenvalue weighted by Gasteiger charge is -2.20. The fourth-order valence-electron chi connectivity index (χ4n) is 2.86. The molecule has 0 saturated heterocycles. The SMILES string of the molecule is CC(C)N(C)CCCCNC(=O)C(=O)N1CCc2cc([N+](=O)[O-])ccc21. The monoisotopic (exact) mass is 362 g/mol. The molecule has 1 aliphatic rings. The molecule has 1 aliphatic heterocycles. The minimum atomic E-state index is -0.631. The van der Waals surface area contributed by atoms with Crippen LogP contribution in [0.15, 0.2) is 18.2 Å². The van der Waals surface area contributed by atoms with Gasteiger partial charge in [0.25, 0.3) is 5.69 Å². The van der Waals surface area contributed by atoms with Gasteiger partial charge in [0.15, 0.2) is 0 Å². The van der Waals surface area contributed by atoms with Crippen LogP contribution in [0.5, 0.6) is 0 Å². The van der Waals surface area contributed by atoms with Crippen molar-refractivity contribution in [2.75, 3.05) is 31.6 Å². The number of fused-ring (bicyclic) bond motifs is 1. The van der Waals surface area contributed by atoms with E-state index >= 15 is 0 Å². The number of benzene rings is 1. The van der Waals surface area contributed by atoms with E-state index in [9.17, 15) is 19.7 Å². The van der Waals surface area contributed by atoms with Crippen LogP contribution in [-0.4, -0.2) is 54.4 Å². The van der Waals surface area contributed by atoms with Crippen LogP contribution in [0.25, 0.3) is 0 Å². The summed E-state index contributed by atoms with van der Waals surface area (Å²) >= 11 is 0. The summed E-state index contributed by atoms with van der Waals surface area (Å²) in [5.74, 6) is -1.25. The van der Waals surface area contributed by atoms with Crippen molar-refractivity contribution in [3.8, 4) is 0 Å². The highest BCUT2D eigenvalue weighted by Gasteiger charge is 2.30. The largest absolute Gasteiger partial charge is 0.348 e. The van der Waals surface area contributed by atoms with Crippen LogP contribution in [0.4, 0.5) is 11.4 Å². The van der Waals surface area contributed by atoms with E-state index < -0.39 is 16.7 Å². The van der Waals surface area contributed by atoms with Crippen LogP contribution in [0.3, 0.4) is 0 Å². The third-order valence-electron chi connectivity index (χ3n) is 4.71. The van der Waals surface area contributed by atoms with Gasteiger partial charge in [-0.05, 0) is 58.3 Å². The molecule has 26 heavy (non-hydrogen) atoms. The number of nitro groups is 1. The van der Waals surface area contributed by atoms with Crippen molar-refractivity contribution < 1.29 is 14.5 Å². The van der Waals surface area contributed by atoms with E-state index in [0.29, 0.717) is 31.2 Å². The Balaban J connectivity index is 1.83. The van der Waals surface area contributed by atoms with E-state index in [4.69, 9.17) is 0 Å². The predicted molar refractivity (Wildman–Crippen MR) is 99.2 cm³/mol. The molecule has 0 spiro atoms. The van der Waals surface area contributed by atoms with Crippen LogP contribution >= 0.6 is 0 Å². The number of hydrogen-bond donors (Lipinski definition) is 1. The number of non-ortho nitro benzene ring substituents is 1. The van der Waals surface area contributed by atoms with Crippen molar-refractivity contribution >= 4 is 23.2 Å². The third kappa shape index (κ3) is 4.78. The van der Waals surface area contributed by atoms with Crippen molar-refractivity contribution in [2.45, 2.75) is 39.2 Å². The maximum Gasteiger partial charge on any atom is 0.316 e. The Kier molecular flexibility index (Phi) is 6.68. The lowest BCUT2D eigenvalue weighted by atomic mass is 10.1. The molecule has 0 bridgehead atoms. The number of unbranched alkanes of at least 4 members (excludes halogenated alkanes) is 1. The van der Waals surface area contributed by atoms with Gasteiger partial charge in [-0.1, -0.05) is 0 Å². The van der Waals surface area contributed by atoms with Gasteiger partial charge in [0.05, 0.1) is 4.92 Å². The highest BCUT2D eigenvalue weighted by atomic mass is 16.6. The van der Waals surface area contributed by atoms with Gasteiger partial charge in [0, 0.05) is 37.0 Å². The second-order valence-corrected chi connectivity index (χ2v) is 6.81. The molecule has 142 valence electrons. The highest BCUT2D eigenvalue weighted by Crippen LogP contribution is 2.31. The Morgan fingerprint density at radius 3 is 2.73 bits per heavy atom. The summed E-state index contributed by atoms with van der Waals surface area (Å²) in [7, 11) is 2.06. The number of rotatable bonds is 7. The quantitative estimate of drug-likeness (QED) is 0.345. The third-order valence-corrected chi connectivity index (χ3v) is 4.71. The Morgan fingerprint density at radius 2 is 2.08 bits per heavy atom. The number of nitrogens with one attached hydrogen (secondary N) is 1. The van der Waals surface area contributed by atoms with Gasteiger partial charge in [-0.25, -0.2) is 0 Å². The molecule has 2 rings (SSSR count). The fourth-order valence-corrected chi connectivity index (χ4v) is 2.86. The molecule has 1 N–H and O–H groups in total. The molecule has 0 atom stereocenters. The maximum absolute atomic E-state index is 12.4. The topological polar surface area (TPSA) is 95.8 Å². The number of carbonyl (C=O) groups excluding carboxylic acids is 2. The molecule has 0 radical (unpaired) electrons. The molecule has 0 aliphatic carbocycles. The Labute approximate surface area is 153 Å². The van der Waals surface area contributed by atoms with Gasteiger partial charge in [0.2, 0.25) is 0 Å². The molecule has 0 aromatic heterocycles. The fraction of sp³-hybridized carbons (Fsp3) is 0.556. The molecule has 2 amide bonds. The Bertz CT molecular complexity index is 690. The highest BCUT2D eigenvalue weighted by molar-refractivity contribution is 6.40. The molecular weight excluding hydrogens is 336 g/mol. The van der Waals surface area contributed by atoms with E-state index in [2.05, 4.69) is 31.1 Å². The summed E-state index contributed by atoms with van der Waals surface area (Å²) in [5, 5.41) is 13.5. The lowest BCUT2D eigenvalue weighted by Crippen LogP contribution is -2.42. The van der Waals surface area contributed by atoms with Crippen LogP contribution in [-0.2, 0) is 16.0 Å². The average molecular weight is 362 g/mol. The van der Waals surface area contributed by atoms with Crippen molar-refractivity contribution in [1.82, 2.24) is 10.2 Å². The van der Waals surface area contributed by atoms with E-state index in [1.54, 1.807) is 0 Å². The van der Waals surface area contributed by atoms with Crippen molar-refractivity contribution in [2.24, 2.45) is 0 Å². The van der Waals surface area contributed by atoms with Crippen LogP contribution in [0.1, 0.15) is 32.3 Å². The van der Waals surface area contributed by atoms with Gasteiger partial charge in [0.1, 0.15) is 0 Å². The first-order valence-corrected chi connectivity index (χ1v) is 8.88. The number of carbonyl (C=O) groups is 2. The zero-order valence-electron chi connectivity index (χ0n) is 15.5. The van der Waals surface area contributed by atoms with Gasteiger partial charge in [-0.3, -0.25) is 19.7 Å². The number of nitro benzene ring substituents is 1. The van der Waals surface area contributed by atoms with Crippen LogP contribution in [0.2, 0.25) is 0 Å². The summed E-state index contributed by atoms with van der Waals surface area (Å²) in [6, 6.07) is 4.84. The van der Waals surface area contributed by atoms with Gasteiger partial charge >= 0.3 is 11.8 Å². The second kappa shape index (κ2) is 8.75. The number of anilines is 1. The number of hydrogen-bond acceptors (Lipinski definition) is 5. The van der Waals surface area contributed by atoms with Crippen molar-refractivity contribution in [3.05, 3.63) is 33.9 Å². The van der Waals surface area contributed by atoms with Gasteiger partial charge < -0.3 is 15.1 Å². The molecule has 8 nitrogen and oxygen atoms in total.